The molecule has 61 valence electrons. The Balaban J connectivity index is 2.59. The summed E-state index contributed by atoms with van der Waals surface area (Å²) in [6, 6.07) is 9.89. The average Bonchev–Trinajstić information content (AvgIpc) is 2.15. The minimum Gasteiger partial charge on any atom is -0.349 e. The predicted octanol–water partition coefficient (Wildman–Crippen LogP) is 1.40. The molecule has 2 heteroatoms. The van der Waals surface area contributed by atoms with Gasteiger partial charge in [0.2, 0.25) is 0 Å². The lowest BCUT2D eigenvalue weighted by molar-refractivity contribution is 0.0958. The first-order valence-electron chi connectivity index (χ1n) is 3.70. The van der Waals surface area contributed by atoms with Crippen molar-refractivity contribution >= 4 is 5.91 Å². The lowest BCUT2D eigenvalue weighted by Gasteiger charge is -1.99. The maximum Gasteiger partial charge on any atom is 0.252 e. The van der Waals surface area contributed by atoms with E-state index in [1.807, 2.05) is 6.07 Å². The molecule has 1 aromatic carbocycles. The van der Waals surface area contributed by atoms with Crippen LogP contribution in [0.3, 0.4) is 0 Å². The molecule has 1 N–H and O–H groups in total. The summed E-state index contributed by atoms with van der Waals surface area (Å²) in [5, 5.41) is 2.66. The number of carbonyl (C=O) groups is 1. The van der Waals surface area contributed by atoms with Crippen LogP contribution in [0.2, 0.25) is 0 Å². The fourth-order valence-corrected chi connectivity index (χ4v) is 0.795. The van der Waals surface area contributed by atoms with Gasteiger partial charge in [-0.3, -0.25) is 4.79 Å². The molecule has 0 aliphatic heterocycles. The van der Waals surface area contributed by atoms with E-state index in [-0.39, 0.29) is 5.91 Å². The SMILES string of the molecule is C=CCNC(=O)c1[c]cccc1. The number of benzene rings is 1. The van der Waals surface area contributed by atoms with Crippen LogP contribution >= 0.6 is 0 Å². The first-order chi connectivity index (χ1) is 5.84. The molecule has 1 radical (unpaired) electrons. The van der Waals surface area contributed by atoms with Crippen LogP contribution in [0.1, 0.15) is 10.4 Å². The monoisotopic (exact) mass is 160 g/mol. The molecule has 0 aliphatic rings. The van der Waals surface area contributed by atoms with Crippen molar-refractivity contribution in [3.63, 3.8) is 0 Å². The summed E-state index contributed by atoms with van der Waals surface area (Å²) in [7, 11) is 0. The highest BCUT2D eigenvalue weighted by molar-refractivity contribution is 5.93. The van der Waals surface area contributed by atoms with Gasteiger partial charge >= 0.3 is 0 Å². The summed E-state index contributed by atoms with van der Waals surface area (Å²) in [6.45, 7) is 3.99. The van der Waals surface area contributed by atoms with Crippen LogP contribution in [0.4, 0.5) is 0 Å². The Labute approximate surface area is 71.9 Å². The van der Waals surface area contributed by atoms with E-state index >= 15 is 0 Å². The van der Waals surface area contributed by atoms with Gasteiger partial charge in [-0.2, -0.15) is 0 Å². The minimum atomic E-state index is -0.115. The number of hydrogen-bond acceptors (Lipinski definition) is 1. The number of amides is 1. The van der Waals surface area contributed by atoms with Crippen molar-refractivity contribution in [1.82, 2.24) is 5.32 Å². The van der Waals surface area contributed by atoms with Crippen LogP contribution in [0, 0.1) is 6.07 Å². The van der Waals surface area contributed by atoms with Gasteiger partial charge in [-0.25, -0.2) is 0 Å². The molecule has 0 saturated heterocycles. The van der Waals surface area contributed by atoms with Crippen LogP contribution in [-0.2, 0) is 0 Å². The molecule has 0 heterocycles. The fourth-order valence-electron chi connectivity index (χ4n) is 0.795. The van der Waals surface area contributed by atoms with E-state index < -0.39 is 0 Å². The third-order valence-electron chi connectivity index (χ3n) is 1.36. The van der Waals surface area contributed by atoms with E-state index in [1.54, 1.807) is 24.3 Å². The van der Waals surface area contributed by atoms with Gasteiger partial charge in [-0.05, 0) is 12.1 Å². The van der Waals surface area contributed by atoms with E-state index in [1.165, 1.54) is 0 Å². The van der Waals surface area contributed by atoms with E-state index in [2.05, 4.69) is 18.0 Å². The van der Waals surface area contributed by atoms with Crippen LogP contribution in [0.25, 0.3) is 0 Å². The van der Waals surface area contributed by atoms with Gasteiger partial charge in [0, 0.05) is 12.1 Å². The maximum atomic E-state index is 11.2. The average molecular weight is 160 g/mol. The third kappa shape index (κ3) is 2.23. The quantitative estimate of drug-likeness (QED) is 0.665. The van der Waals surface area contributed by atoms with E-state index in [9.17, 15) is 4.79 Å². The molecule has 1 aromatic rings. The largest absolute Gasteiger partial charge is 0.349 e. The lowest BCUT2D eigenvalue weighted by Crippen LogP contribution is -2.22. The molecular formula is C10H10NO. The van der Waals surface area contributed by atoms with Crippen molar-refractivity contribution in [3.05, 3.63) is 48.6 Å². The smallest absolute Gasteiger partial charge is 0.252 e. The highest BCUT2D eigenvalue weighted by atomic mass is 16.1. The van der Waals surface area contributed by atoms with Crippen molar-refractivity contribution < 1.29 is 4.79 Å². The van der Waals surface area contributed by atoms with Gasteiger partial charge in [0.15, 0.2) is 0 Å². The molecule has 0 atom stereocenters. The predicted molar refractivity (Wildman–Crippen MR) is 47.8 cm³/mol. The molecule has 0 unspecified atom stereocenters. The van der Waals surface area contributed by atoms with Crippen molar-refractivity contribution in [2.24, 2.45) is 0 Å². The zero-order valence-corrected chi connectivity index (χ0v) is 6.71. The van der Waals surface area contributed by atoms with Gasteiger partial charge < -0.3 is 5.32 Å². The second kappa shape index (κ2) is 4.34. The molecule has 0 bridgehead atoms. The Kier molecular flexibility index (Phi) is 3.08. The van der Waals surface area contributed by atoms with Crippen LogP contribution in [-0.4, -0.2) is 12.5 Å². The molecule has 0 aliphatic carbocycles. The summed E-state index contributed by atoms with van der Waals surface area (Å²) in [6.07, 6.45) is 1.64. The Hall–Kier alpha value is -1.57. The highest BCUT2D eigenvalue weighted by Gasteiger charge is 2.00. The Morgan fingerprint density at radius 1 is 1.67 bits per heavy atom. The first kappa shape index (κ1) is 8.53. The molecule has 0 fully saturated rings. The van der Waals surface area contributed by atoms with Crippen LogP contribution < -0.4 is 5.32 Å². The molecule has 12 heavy (non-hydrogen) atoms. The van der Waals surface area contributed by atoms with Crippen molar-refractivity contribution in [2.45, 2.75) is 0 Å². The molecule has 0 spiro atoms. The van der Waals surface area contributed by atoms with Crippen LogP contribution in [0.5, 0.6) is 0 Å². The number of rotatable bonds is 3. The molecule has 0 aromatic heterocycles. The van der Waals surface area contributed by atoms with Crippen molar-refractivity contribution in [2.75, 3.05) is 6.54 Å². The van der Waals surface area contributed by atoms with E-state index in [4.69, 9.17) is 0 Å². The van der Waals surface area contributed by atoms with Crippen molar-refractivity contribution in [3.8, 4) is 0 Å². The molecule has 0 saturated carbocycles. The highest BCUT2D eigenvalue weighted by Crippen LogP contribution is 1.95. The molecular weight excluding hydrogens is 150 g/mol. The van der Waals surface area contributed by atoms with Gasteiger partial charge in [0.25, 0.3) is 5.91 Å². The second-order valence-electron chi connectivity index (χ2n) is 2.27. The normalized spacial score (nSPS) is 9.00. The lowest BCUT2D eigenvalue weighted by atomic mass is 10.2. The topological polar surface area (TPSA) is 29.1 Å². The molecule has 1 amide bonds. The van der Waals surface area contributed by atoms with Gasteiger partial charge in [0.1, 0.15) is 0 Å². The van der Waals surface area contributed by atoms with E-state index in [0.717, 1.165) is 0 Å². The molecule has 1 rings (SSSR count). The zero-order valence-electron chi connectivity index (χ0n) is 6.71. The standard InChI is InChI=1S/C10H10NO/c1-2-8-11-10(12)9-6-4-3-5-7-9/h2-6H,1,8H2,(H,11,12). The van der Waals surface area contributed by atoms with E-state index in [0.29, 0.717) is 12.1 Å². The fraction of sp³-hybridized carbons (Fsp3) is 0.100. The third-order valence-corrected chi connectivity index (χ3v) is 1.36. The Morgan fingerprint density at radius 3 is 3.08 bits per heavy atom. The number of nitrogens with one attached hydrogen (secondary N) is 1. The van der Waals surface area contributed by atoms with Gasteiger partial charge in [-0.1, -0.05) is 24.3 Å². The van der Waals surface area contributed by atoms with Crippen LogP contribution in [0.15, 0.2) is 36.9 Å². The number of hydrogen-bond donors (Lipinski definition) is 1. The van der Waals surface area contributed by atoms with Crippen molar-refractivity contribution in [1.29, 1.82) is 0 Å². The summed E-state index contributed by atoms with van der Waals surface area (Å²) >= 11 is 0. The first-order valence-corrected chi connectivity index (χ1v) is 3.70. The molecule has 2 nitrogen and oxygen atoms in total. The second-order valence-corrected chi connectivity index (χ2v) is 2.27. The summed E-state index contributed by atoms with van der Waals surface area (Å²) in [5.74, 6) is -0.115. The Bertz CT molecular complexity index is 266. The van der Waals surface area contributed by atoms with Gasteiger partial charge in [0.05, 0.1) is 0 Å². The maximum absolute atomic E-state index is 11.2. The van der Waals surface area contributed by atoms with Gasteiger partial charge in [-0.15, -0.1) is 6.58 Å². The summed E-state index contributed by atoms with van der Waals surface area (Å²) in [4.78, 5) is 11.2. The number of carbonyl (C=O) groups excluding carboxylic acids is 1. The summed E-state index contributed by atoms with van der Waals surface area (Å²) in [5.41, 5.74) is 0.555. The minimum absolute atomic E-state index is 0.115. The summed E-state index contributed by atoms with van der Waals surface area (Å²) < 4.78 is 0. The Morgan fingerprint density at radius 2 is 2.50 bits per heavy atom. The zero-order chi connectivity index (χ0) is 8.81.